The van der Waals surface area contributed by atoms with Crippen molar-refractivity contribution in [2.75, 3.05) is 0 Å². The van der Waals surface area contributed by atoms with Crippen LogP contribution in [-0.2, 0) is 0 Å². The van der Waals surface area contributed by atoms with Crippen molar-refractivity contribution in [3.05, 3.63) is 77.6 Å². The number of Topliss-reactive ketones (excluding diaryl/α,β-unsaturated/α-hetero) is 1. The summed E-state index contributed by atoms with van der Waals surface area (Å²) in [4.78, 5) is 12.3. The second-order valence-corrected chi connectivity index (χ2v) is 5.30. The summed E-state index contributed by atoms with van der Waals surface area (Å²) in [6.45, 7) is 0. The molecule has 0 aliphatic rings. The fraction of sp³-hybridized carbons (Fsp3) is 0.150. The monoisotopic (exact) mass is 318 g/mol. The topological polar surface area (TPSA) is 64.7 Å². The van der Waals surface area contributed by atoms with Gasteiger partial charge in [-0.1, -0.05) is 42.5 Å². The maximum Gasteiger partial charge on any atom is 0.163 e. The van der Waals surface area contributed by atoms with Gasteiger partial charge in [-0.25, -0.2) is 4.39 Å². The van der Waals surface area contributed by atoms with Crippen molar-refractivity contribution in [1.29, 1.82) is 10.5 Å². The normalized spacial score (nSPS) is 11.8. The minimum atomic E-state index is -0.922. The Hall–Kier alpha value is -3.24. The maximum atomic E-state index is 12.9. The molecule has 118 valence electrons. The number of halogens is 1. The van der Waals surface area contributed by atoms with Crippen molar-refractivity contribution in [3.8, 4) is 12.1 Å². The van der Waals surface area contributed by atoms with Crippen molar-refractivity contribution in [2.24, 2.45) is 11.8 Å². The van der Waals surface area contributed by atoms with Gasteiger partial charge in [0.05, 0.1) is 12.1 Å². The molecule has 0 saturated carbocycles. The molecule has 0 amide bonds. The molecule has 0 fully saturated rings. The molecule has 3 nitrogen and oxygen atoms in total. The number of hydrogen-bond donors (Lipinski definition) is 0. The van der Waals surface area contributed by atoms with E-state index >= 15 is 0 Å². The lowest BCUT2D eigenvalue weighted by molar-refractivity contribution is 0.0966. The van der Waals surface area contributed by atoms with Gasteiger partial charge in [-0.05, 0) is 29.8 Å². The third-order valence-electron chi connectivity index (χ3n) is 3.63. The molecule has 2 aromatic carbocycles. The number of carbonyl (C=O) groups is 1. The van der Waals surface area contributed by atoms with E-state index in [0.29, 0.717) is 5.56 Å². The van der Waals surface area contributed by atoms with Gasteiger partial charge < -0.3 is 0 Å². The van der Waals surface area contributed by atoms with Crippen LogP contribution in [0.3, 0.4) is 0 Å². The number of benzene rings is 2. The number of ketones is 1. The first-order valence-electron chi connectivity index (χ1n) is 7.45. The Labute approximate surface area is 140 Å². The lowest BCUT2D eigenvalue weighted by Crippen LogP contribution is -2.14. The van der Waals surface area contributed by atoms with Gasteiger partial charge in [-0.3, -0.25) is 4.79 Å². The number of nitriles is 2. The minimum absolute atomic E-state index is 0.0146. The second kappa shape index (κ2) is 8.41. The van der Waals surface area contributed by atoms with Gasteiger partial charge >= 0.3 is 0 Å². The van der Waals surface area contributed by atoms with Crippen LogP contribution in [-0.4, -0.2) is 5.78 Å². The molecule has 1 atom stereocenters. The predicted octanol–water partition coefficient (Wildman–Crippen LogP) is 4.39. The molecule has 0 saturated heterocycles. The predicted molar refractivity (Wildman–Crippen MR) is 89.0 cm³/mol. The molecule has 4 heteroatoms. The molecule has 0 N–H and O–H groups in total. The van der Waals surface area contributed by atoms with Gasteiger partial charge in [0.1, 0.15) is 11.7 Å². The Balaban J connectivity index is 2.19. The van der Waals surface area contributed by atoms with Gasteiger partial charge in [-0.2, -0.15) is 10.5 Å². The van der Waals surface area contributed by atoms with Crippen LogP contribution in [0, 0.1) is 40.3 Å². The van der Waals surface area contributed by atoms with Crippen LogP contribution in [0.5, 0.6) is 0 Å². The number of rotatable bonds is 6. The van der Waals surface area contributed by atoms with Gasteiger partial charge in [0.25, 0.3) is 0 Å². The summed E-state index contributed by atoms with van der Waals surface area (Å²) in [5.74, 6) is -2.10. The number of nitrogens with zero attached hydrogens (tertiary/aromatic N) is 2. The van der Waals surface area contributed by atoms with Gasteiger partial charge in [0, 0.05) is 17.9 Å². The van der Waals surface area contributed by atoms with Crippen molar-refractivity contribution in [3.63, 3.8) is 0 Å². The van der Waals surface area contributed by atoms with Crippen molar-refractivity contribution >= 4 is 11.9 Å². The highest BCUT2D eigenvalue weighted by Gasteiger charge is 2.22. The van der Waals surface area contributed by atoms with E-state index in [1.165, 1.54) is 24.3 Å². The Morgan fingerprint density at radius 1 is 1.04 bits per heavy atom. The minimum Gasteiger partial charge on any atom is -0.294 e. The molecule has 24 heavy (non-hydrogen) atoms. The van der Waals surface area contributed by atoms with E-state index in [1.807, 2.05) is 42.5 Å². The summed E-state index contributed by atoms with van der Waals surface area (Å²) in [6.07, 6.45) is 3.53. The molecule has 0 unspecified atom stereocenters. The van der Waals surface area contributed by atoms with Crippen LogP contribution in [0.25, 0.3) is 6.08 Å². The summed E-state index contributed by atoms with van der Waals surface area (Å²) in [5, 5.41) is 18.3. The van der Waals surface area contributed by atoms with Crippen LogP contribution in [0.4, 0.5) is 4.39 Å². The second-order valence-electron chi connectivity index (χ2n) is 5.30. The van der Waals surface area contributed by atoms with Crippen LogP contribution in [0.1, 0.15) is 22.3 Å². The van der Waals surface area contributed by atoms with E-state index in [-0.39, 0.29) is 12.2 Å². The van der Waals surface area contributed by atoms with Crippen LogP contribution in [0.2, 0.25) is 0 Å². The molecule has 0 heterocycles. The van der Waals surface area contributed by atoms with Gasteiger partial charge in [-0.15, -0.1) is 0 Å². The van der Waals surface area contributed by atoms with Crippen LogP contribution < -0.4 is 0 Å². The van der Waals surface area contributed by atoms with E-state index in [9.17, 15) is 9.18 Å². The lowest BCUT2D eigenvalue weighted by Gasteiger charge is -2.12. The molecular formula is C20H15FN2O. The van der Waals surface area contributed by atoms with E-state index in [1.54, 1.807) is 12.2 Å². The summed E-state index contributed by atoms with van der Waals surface area (Å²) < 4.78 is 12.9. The molecule has 0 aliphatic carbocycles. The highest BCUT2D eigenvalue weighted by atomic mass is 19.1. The molecule has 0 spiro atoms. The first kappa shape index (κ1) is 17.1. The number of hydrogen-bond acceptors (Lipinski definition) is 3. The molecular weight excluding hydrogens is 303 g/mol. The lowest BCUT2D eigenvalue weighted by atomic mass is 9.87. The quantitative estimate of drug-likeness (QED) is 0.742. The van der Waals surface area contributed by atoms with E-state index < -0.39 is 17.7 Å². The van der Waals surface area contributed by atoms with Crippen molar-refractivity contribution in [1.82, 2.24) is 0 Å². The molecule has 2 rings (SSSR count). The zero-order valence-electron chi connectivity index (χ0n) is 12.9. The Bertz CT molecular complexity index is 784. The van der Waals surface area contributed by atoms with Crippen LogP contribution in [0.15, 0.2) is 60.7 Å². The Kier molecular flexibility index (Phi) is 6.00. The molecule has 0 radical (unpaired) electrons. The zero-order chi connectivity index (χ0) is 17.4. The van der Waals surface area contributed by atoms with Gasteiger partial charge in [0.2, 0.25) is 0 Å². The first-order valence-corrected chi connectivity index (χ1v) is 7.45. The SMILES string of the molecule is N#CC(C#N)[C@H](/C=C/c1ccccc1)CC(=O)c1ccc(F)cc1. The average Bonchev–Trinajstić information content (AvgIpc) is 2.61. The Morgan fingerprint density at radius 2 is 1.67 bits per heavy atom. The van der Waals surface area contributed by atoms with Crippen molar-refractivity contribution < 1.29 is 9.18 Å². The standard InChI is InChI=1S/C20H15FN2O/c21-19-10-8-16(9-11-19)20(24)12-17(18(13-22)14-23)7-6-15-4-2-1-3-5-15/h1-11,17-18H,12H2/b7-6+/t17-/m1/s1. The third kappa shape index (κ3) is 4.63. The molecule has 0 aliphatic heterocycles. The van der Waals surface area contributed by atoms with E-state index in [0.717, 1.165) is 5.56 Å². The zero-order valence-corrected chi connectivity index (χ0v) is 12.9. The highest BCUT2D eigenvalue weighted by Crippen LogP contribution is 2.21. The van der Waals surface area contributed by atoms with E-state index in [4.69, 9.17) is 10.5 Å². The Morgan fingerprint density at radius 3 is 2.25 bits per heavy atom. The summed E-state index contributed by atoms with van der Waals surface area (Å²) >= 11 is 0. The van der Waals surface area contributed by atoms with Gasteiger partial charge in [0.15, 0.2) is 5.78 Å². The number of allylic oxidation sites excluding steroid dienone is 1. The summed E-state index contributed by atoms with van der Waals surface area (Å²) in [7, 11) is 0. The highest BCUT2D eigenvalue weighted by molar-refractivity contribution is 5.96. The number of carbonyl (C=O) groups excluding carboxylic acids is 1. The smallest absolute Gasteiger partial charge is 0.163 e. The average molecular weight is 318 g/mol. The summed E-state index contributed by atoms with van der Waals surface area (Å²) in [5.41, 5.74) is 1.29. The third-order valence-corrected chi connectivity index (χ3v) is 3.63. The molecule has 0 bridgehead atoms. The van der Waals surface area contributed by atoms with Crippen molar-refractivity contribution in [2.45, 2.75) is 6.42 Å². The maximum absolute atomic E-state index is 12.9. The van der Waals surface area contributed by atoms with E-state index in [2.05, 4.69) is 0 Å². The first-order chi connectivity index (χ1) is 11.6. The fourth-order valence-corrected chi connectivity index (χ4v) is 2.28. The summed E-state index contributed by atoms with van der Waals surface area (Å²) in [6, 6.07) is 18.5. The van der Waals surface area contributed by atoms with Crippen LogP contribution >= 0.6 is 0 Å². The fourth-order valence-electron chi connectivity index (χ4n) is 2.28. The molecule has 0 aromatic heterocycles. The molecule has 2 aromatic rings. The largest absolute Gasteiger partial charge is 0.294 e.